The van der Waals surface area contributed by atoms with Gasteiger partial charge < -0.3 is 10.2 Å². The van der Waals surface area contributed by atoms with Crippen molar-refractivity contribution in [2.45, 2.75) is 57.0 Å². The van der Waals surface area contributed by atoms with Crippen LogP contribution in [0.5, 0.6) is 0 Å². The summed E-state index contributed by atoms with van der Waals surface area (Å²) in [5.74, 6) is -0.342. The first-order valence-corrected chi connectivity index (χ1v) is 9.79. The molecular formula is C16H25N3O4S. The van der Waals surface area contributed by atoms with Gasteiger partial charge in [0.2, 0.25) is 12.3 Å². The van der Waals surface area contributed by atoms with Gasteiger partial charge >= 0.3 is 0 Å². The average molecular weight is 355 g/mol. The monoisotopic (exact) mass is 355 g/mol. The lowest BCUT2D eigenvalue weighted by atomic mass is 10.1. The molecule has 1 fully saturated rings. The molecule has 8 heteroatoms. The second kappa shape index (κ2) is 9.56. The number of hydrogen-bond donors (Lipinski definition) is 2. The topological polar surface area (TPSA) is 95.6 Å². The molecule has 2 aliphatic rings. The maximum atomic E-state index is 12.4. The van der Waals surface area contributed by atoms with Crippen molar-refractivity contribution in [1.82, 2.24) is 14.9 Å². The molecule has 2 heterocycles. The summed E-state index contributed by atoms with van der Waals surface area (Å²) < 4.78 is 14.4. The van der Waals surface area contributed by atoms with Crippen LogP contribution in [0.4, 0.5) is 0 Å². The molecule has 3 atom stereocenters. The minimum absolute atomic E-state index is 0.328. The Morgan fingerprint density at radius 3 is 2.92 bits per heavy atom. The van der Waals surface area contributed by atoms with Gasteiger partial charge in [-0.25, -0.2) is 4.21 Å². The molecule has 0 aromatic rings. The van der Waals surface area contributed by atoms with Crippen LogP contribution in [0.1, 0.15) is 44.9 Å². The molecule has 2 rings (SSSR count). The van der Waals surface area contributed by atoms with Crippen LogP contribution in [-0.2, 0) is 25.4 Å². The molecule has 7 nitrogen and oxygen atoms in total. The summed E-state index contributed by atoms with van der Waals surface area (Å²) >= 11 is 0. The average Bonchev–Trinajstić information content (AvgIpc) is 3.03. The van der Waals surface area contributed by atoms with Crippen LogP contribution in [-0.4, -0.2) is 51.7 Å². The fourth-order valence-electron chi connectivity index (χ4n) is 2.95. The number of rotatable bonds is 3. The molecule has 0 radical (unpaired) electrons. The summed E-state index contributed by atoms with van der Waals surface area (Å²) in [7, 11) is -1.42. The van der Waals surface area contributed by atoms with Crippen molar-refractivity contribution in [2.75, 3.05) is 12.3 Å². The van der Waals surface area contributed by atoms with E-state index in [-0.39, 0.29) is 5.91 Å². The maximum Gasteiger partial charge on any atom is 0.254 e. The molecule has 134 valence electrons. The predicted molar refractivity (Wildman–Crippen MR) is 91.1 cm³/mol. The third-order valence-electron chi connectivity index (χ3n) is 4.32. The molecule has 0 aromatic carbocycles. The fraction of sp³-hybridized carbons (Fsp3) is 0.688. The van der Waals surface area contributed by atoms with Gasteiger partial charge in [-0.2, -0.15) is 0 Å². The second-order valence-electron chi connectivity index (χ2n) is 6.13. The lowest BCUT2D eigenvalue weighted by Crippen LogP contribution is -2.52. The van der Waals surface area contributed by atoms with Crippen molar-refractivity contribution in [3.05, 3.63) is 12.2 Å². The molecule has 0 spiro atoms. The number of nitrogens with one attached hydrogen (secondary N) is 2. The Balaban J connectivity index is 2.02. The Bertz CT molecular complexity index is 523. The van der Waals surface area contributed by atoms with E-state index in [1.165, 1.54) is 4.90 Å². The first kappa shape index (κ1) is 18.6. The highest BCUT2D eigenvalue weighted by Crippen LogP contribution is 2.15. The molecular weight excluding hydrogens is 330 g/mol. The van der Waals surface area contributed by atoms with Crippen molar-refractivity contribution >= 4 is 29.2 Å². The Hall–Kier alpha value is -1.70. The van der Waals surface area contributed by atoms with Crippen LogP contribution >= 0.6 is 0 Å². The van der Waals surface area contributed by atoms with Crippen LogP contribution in [0.3, 0.4) is 0 Å². The SMILES string of the molecule is O=CN1CCCC1C(=O)NC1C/C=C\CCCCCS(=O)NC1=O. The highest BCUT2D eigenvalue weighted by atomic mass is 32.2. The second-order valence-corrected chi connectivity index (χ2v) is 7.44. The summed E-state index contributed by atoms with van der Waals surface area (Å²) in [6.45, 7) is 0.558. The third kappa shape index (κ3) is 5.43. The zero-order valence-corrected chi connectivity index (χ0v) is 14.6. The maximum absolute atomic E-state index is 12.4. The number of hydrogen-bond acceptors (Lipinski definition) is 4. The number of amides is 3. The molecule has 0 saturated carbocycles. The van der Waals surface area contributed by atoms with Gasteiger partial charge in [0, 0.05) is 12.3 Å². The summed E-state index contributed by atoms with van der Waals surface area (Å²) in [5.41, 5.74) is 0. The Morgan fingerprint density at radius 2 is 2.12 bits per heavy atom. The van der Waals surface area contributed by atoms with E-state index < -0.39 is 29.0 Å². The summed E-state index contributed by atoms with van der Waals surface area (Å²) in [6.07, 6.45) is 10.0. The van der Waals surface area contributed by atoms with E-state index >= 15 is 0 Å². The molecule has 24 heavy (non-hydrogen) atoms. The number of nitrogens with zero attached hydrogens (tertiary/aromatic N) is 1. The first-order chi connectivity index (χ1) is 11.6. The third-order valence-corrected chi connectivity index (χ3v) is 5.41. The van der Waals surface area contributed by atoms with E-state index in [1.807, 2.05) is 12.2 Å². The van der Waals surface area contributed by atoms with Crippen LogP contribution < -0.4 is 10.0 Å². The van der Waals surface area contributed by atoms with Gasteiger partial charge in [0.15, 0.2) is 0 Å². The van der Waals surface area contributed by atoms with E-state index in [9.17, 15) is 18.6 Å². The van der Waals surface area contributed by atoms with E-state index in [2.05, 4.69) is 10.0 Å². The molecule has 0 aromatic heterocycles. The molecule has 0 bridgehead atoms. The largest absolute Gasteiger partial charge is 0.342 e. The molecule has 0 aliphatic carbocycles. The number of carbonyl (C=O) groups is 3. The summed E-state index contributed by atoms with van der Waals surface area (Å²) in [5, 5.41) is 2.71. The van der Waals surface area contributed by atoms with Crippen molar-refractivity contribution in [1.29, 1.82) is 0 Å². The predicted octanol–water partition coefficient (Wildman–Crippen LogP) is 0.392. The zero-order valence-electron chi connectivity index (χ0n) is 13.7. The molecule has 1 saturated heterocycles. The van der Waals surface area contributed by atoms with Crippen molar-refractivity contribution in [3.63, 3.8) is 0 Å². The van der Waals surface area contributed by atoms with Gasteiger partial charge in [-0.05, 0) is 38.5 Å². The smallest absolute Gasteiger partial charge is 0.254 e. The van der Waals surface area contributed by atoms with Crippen LogP contribution in [0, 0.1) is 0 Å². The van der Waals surface area contributed by atoms with E-state index in [0.29, 0.717) is 31.5 Å². The van der Waals surface area contributed by atoms with Gasteiger partial charge in [-0.3, -0.25) is 19.1 Å². The van der Waals surface area contributed by atoms with E-state index in [4.69, 9.17) is 0 Å². The van der Waals surface area contributed by atoms with Crippen molar-refractivity contribution < 1.29 is 18.6 Å². The molecule has 3 unspecified atom stereocenters. The van der Waals surface area contributed by atoms with Gasteiger partial charge in [-0.1, -0.05) is 18.6 Å². The van der Waals surface area contributed by atoms with Crippen LogP contribution in [0.15, 0.2) is 12.2 Å². The summed E-state index contributed by atoms with van der Waals surface area (Å²) in [6, 6.07) is -1.29. The Morgan fingerprint density at radius 1 is 1.29 bits per heavy atom. The Kier molecular flexibility index (Phi) is 7.42. The molecule has 2 aliphatic heterocycles. The van der Waals surface area contributed by atoms with Gasteiger partial charge in [0.25, 0.3) is 5.91 Å². The molecule has 3 amide bonds. The van der Waals surface area contributed by atoms with Gasteiger partial charge in [0.05, 0.1) is 0 Å². The highest BCUT2D eigenvalue weighted by Gasteiger charge is 2.32. The van der Waals surface area contributed by atoms with Crippen molar-refractivity contribution in [3.8, 4) is 0 Å². The Labute approximate surface area is 144 Å². The fourth-order valence-corrected chi connectivity index (χ4v) is 3.89. The quantitative estimate of drug-likeness (QED) is 0.566. The lowest BCUT2D eigenvalue weighted by Gasteiger charge is -2.23. The van der Waals surface area contributed by atoms with Gasteiger partial charge in [0.1, 0.15) is 23.1 Å². The highest BCUT2D eigenvalue weighted by molar-refractivity contribution is 7.83. The van der Waals surface area contributed by atoms with Crippen LogP contribution in [0.2, 0.25) is 0 Å². The van der Waals surface area contributed by atoms with E-state index in [0.717, 1.165) is 32.1 Å². The van der Waals surface area contributed by atoms with E-state index in [1.54, 1.807) is 0 Å². The van der Waals surface area contributed by atoms with Crippen LogP contribution in [0.25, 0.3) is 0 Å². The number of carbonyl (C=O) groups excluding carboxylic acids is 3. The molecule has 2 N–H and O–H groups in total. The summed E-state index contributed by atoms with van der Waals surface area (Å²) in [4.78, 5) is 37.1. The number of allylic oxidation sites excluding steroid dienone is 1. The number of likely N-dealkylation sites (tertiary alicyclic amines) is 1. The lowest BCUT2D eigenvalue weighted by molar-refractivity contribution is -0.133. The first-order valence-electron chi connectivity index (χ1n) is 8.47. The minimum Gasteiger partial charge on any atom is -0.342 e. The van der Waals surface area contributed by atoms with Crippen molar-refractivity contribution in [2.24, 2.45) is 0 Å². The zero-order chi connectivity index (χ0) is 17.4. The standard InChI is InChI=1S/C16H25N3O4S/c20-12-19-10-7-9-14(19)16(22)17-13-8-5-3-1-2-4-6-11-24(23)18-15(13)21/h3,5,12-14H,1-2,4,6-11H2,(H,17,22)(H,18,21)/b5-3-. The minimum atomic E-state index is -1.42. The van der Waals surface area contributed by atoms with Gasteiger partial charge in [-0.15, -0.1) is 0 Å². The normalized spacial score (nSPS) is 30.6.